The zero-order chi connectivity index (χ0) is 17.8. The average molecular weight is 336 g/mol. The Hall–Kier alpha value is -3.08. The molecule has 128 valence electrons. The van der Waals surface area contributed by atoms with Gasteiger partial charge in [0.05, 0.1) is 12.8 Å². The van der Waals surface area contributed by atoms with Crippen LogP contribution >= 0.6 is 0 Å². The van der Waals surface area contributed by atoms with E-state index in [1.807, 2.05) is 62.4 Å². The maximum Gasteiger partial charge on any atom is 0.305 e. The van der Waals surface area contributed by atoms with Crippen LogP contribution in [0.2, 0.25) is 0 Å². The highest BCUT2D eigenvalue weighted by Gasteiger charge is 2.33. The van der Waals surface area contributed by atoms with Crippen molar-refractivity contribution in [2.45, 2.75) is 13.8 Å². The van der Waals surface area contributed by atoms with Crippen LogP contribution in [0.25, 0.3) is 6.08 Å². The number of ether oxygens (including phenoxy) is 2. The summed E-state index contributed by atoms with van der Waals surface area (Å²) in [6, 6.07) is 15.5. The van der Waals surface area contributed by atoms with Gasteiger partial charge in [-0.1, -0.05) is 30.3 Å². The highest BCUT2D eigenvalue weighted by molar-refractivity contribution is 6.11. The average Bonchev–Trinajstić information content (AvgIpc) is 2.91. The SMILES string of the molecule is CCN1C(=O)/C(=C\c2ccc(C)cc2OC)OC1=Nc1ccccc1. The van der Waals surface area contributed by atoms with Gasteiger partial charge < -0.3 is 9.47 Å². The van der Waals surface area contributed by atoms with Crippen LogP contribution in [0.5, 0.6) is 5.75 Å². The van der Waals surface area contributed by atoms with Gasteiger partial charge in [-0.25, -0.2) is 0 Å². The quantitative estimate of drug-likeness (QED) is 0.796. The molecule has 1 saturated heterocycles. The molecule has 0 unspecified atom stereocenters. The number of hydrogen-bond acceptors (Lipinski definition) is 4. The normalized spacial score (nSPS) is 17.2. The molecule has 1 aliphatic heterocycles. The lowest BCUT2D eigenvalue weighted by molar-refractivity contribution is -0.122. The number of aliphatic imine (C=N–C) groups is 1. The molecule has 2 aromatic rings. The predicted molar refractivity (Wildman–Crippen MR) is 97.7 cm³/mol. The lowest BCUT2D eigenvalue weighted by Gasteiger charge is -2.09. The first kappa shape index (κ1) is 16.8. The van der Waals surface area contributed by atoms with Gasteiger partial charge in [0, 0.05) is 12.1 Å². The molecule has 0 aromatic heterocycles. The summed E-state index contributed by atoms with van der Waals surface area (Å²) in [5.41, 5.74) is 2.60. The number of likely N-dealkylation sites (N-methyl/N-ethyl adjacent to an activating group) is 1. The minimum absolute atomic E-state index is 0.209. The fourth-order valence-corrected chi connectivity index (χ4v) is 2.56. The number of amidine groups is 1. The van der Waals surface area contributed by atoms with Gasteiger partial charge in [0.2, 0.25) is 0 Å². The van der Waals surface area contributed by atoms with Crippen molar-refractivity contribution in [3.05, 3.63) is 65.4 Å². The van der Waals surface area contributed by atoms with Crippen LogP contribution in [0.1, 0.15) is 18.1 Å². The van der Waals surface area contributed by atoms with E-state index in [1.54, 1.807) is 13.2 Å². The van der Waals surface area contributed by atoms with Gasteiger partial charge in [-0.15, -0.1) is 0 Å². The van der Waals surface area contributed by atoms with E-state index in [0.29, 0.717) is 12.3 Å². The Labute approximate surface area is 147 Å². The smallest absolute Gasteiger partial charge is 0.305 e. The third-order valence-electron chi connectivity index (χ3n) is 3.86. The molecule has 2 aromatic carbocycles. The van der Waals surface area contributed by atoms with Crippen LogP contribution < -0.4 is 4.74 Å². The monoisotopic (exact) mass is 336 g/mol. The lowest BCUT2D eigenvalue weighted by Crippen LogP contribution is -2.29. The topological polar surface area (TPSA) is 51.1 Å². The van der Waals surface area contributed by atoms with E-state index >= 15 is 0 Å². The number of nitrogens with zero attached hydrogens (tertiary/aromatic N) is 2. The molecular formula is C20H20N2O3. The number of benzene rings is 2. The van der Waals surface area contributed by atoms with E-state index in [9.17, 15) is 4.79 Å². The number of carbonyl (C=O) groups is 1. The fourth-order valence-electron chi connectivity index (χ4n) is 2.56. The Bertz CT molecular complexity index is 841. The van der Waals surface area contributed by atoms with E-state index in [0.717, 1.165) is 16.8 Å². The van der Waals surface area contributed by atoms with Crippen LogP contribution in [0, 0.1) is 6.92 Å². The van der Waals surface area contributed by atoms with Gasteiger partial charge >= 0.3 is 6.02 Å². The Balaban J connectivity index is 1.96. The molecule has 0 aliphatic carbocycles. The Morgan fingerprint density at radius 2 is 1.96 bits per heavy atom. The van der Waals surface area contributed by atoms with E-state index < -0.39 is 0 Å². The van der Waals surface area contributed by atoms with Gasteiger partial charge in [0.25, 0.3) is 5.91 Å². The Kier molecular flexibility index (Phi) is 4.84. The van der Waals surface area contributed by atoms with Crippen LogP contribution in [0.15, 0.2) is 59.3 Å². The summed E-state index contributed by atoms with van der Waals surface area (Å²) in [5, 5.41) is 0. The van der Waals surface area contributed by atoms with Crippen molar-refractivity contribution < 1.29 is 14.3 Å². The molecule has 3 rings (SSSR count). The maximum atomic E-state index is 12.6. The summed E-state index contributed by atoms with van der Waals surface area (Å²) in [5.74, 6) is 0.721. The van der Waals surface area contributed by atoms with Gasteiger partial charge in [0.1, 0.15) is 5.75 Å². The molecule has 0 radical (unpaired) electrons. The van der Waals surface area contributed by atoms with Gasteiger partial charge in [-0.3, -0.25) is 9.69 Å². The van der Waals surface area contributed by atoms with E-state index in [4.69, 9.17) is 9.47 Å². The summed E-state index contributed by atoms with van der Waals surface area (Å²) < 4.78 is 11.1. The number of amides is 1. The van der Waals surface area contributed by atoms with Crippen LogP contribution in [-0.2, 0) is 9.53 Å². The van der Waals surface area contributed by atoms with Crippen LogP contribution in [0.4, 0.5) is 5.69 Å². The number of rotatable bonds is 4. The fraction of sp³-hybridized carbons (Fsp3) is 0.200. The maximum absolute atomic E-state index is 12.6. The van der Waals surface area contributed by atoms with Gasteiger partial charge in [-0.2, -0.15) is 4.99 Å². The molecule has 5 heteroatoms. The summed E-state index contributed by atoms with van der Waals surface area (Å²) in [6.07, 6.45) is 1.69. The predicted octanol–water partition coefficient (Wildman–Crippen LogP) is 3.91. The number of aryl methyl sites for hydroxylation is 1. The van der Waals surface area contributed by atoms with E-state index in [2.05, 4.69) is 4.99 Å². The molecule has 1 aliphatic rings. The van der Waals surface area contributed by atoms with Crippen molar-refractivity contribution in [1.82, 2.24) is 4.90 Å². The van der Waals surface area contributed by atoms with Crippen LogP contribution in [-0.4, -0.2) is 30.5 Å². The zero-order valence-corrected chi connectivity index (χ0v) is 14.5. The van der Waals surface area contributed by atoms with Gasteiger partial charge in [-0.05, 0) is 43.7 Å². The summed E-state index contributed by atoms with van der Waals surface area (Å²) in [7, 11) is 1.61. The molecule has 25 heavy (non-hydrogen) atoms. The second-order valence-corrected chi connectivity index (χ2v) is 5.64. The molecule has 0 spiro atoms. The first-order valence-corrected chi connectivity index (χ1v) is 8.12. The standard InChI is InChI=1S/C20H20N2O3/c1-4-22-19(23)18(13-15-11-10-14(2)12-17(15)24-3)25-20(22)21-16-8-6-5-7-9-16/h5-13H,4H2,1-3H3/b18-13+,21-20?. The van der Waals surface area contributed by atoms with E-state index in [1.165, 1.54) is 4.90 Å². The van der Waals surface area contributed by atoms with Crippen molar-refractivity contribution >= 4 is 23.7 Å². The largest absolute Gasteiger partial charge is 0.496 e. The minimum Gasteiger partial charge on any atom is -0.496 e. The van der Waals surface area contributed by atoms with E-state index in [-0.39, 0.29) is 17.7 Å². The Morgan fingerprint density at radius 3 is 2.64 bits per heavy atom. The number of methoxy groups -OCH3 is 1. The first-order valence-electron chi connectivity index (χ1n) is 8.12. The number of para-hydroxylation sites is 1. The third-order valence-corrected chi connectivity index (χ3v) is 3.86. The molecule has 1 fully saturated rings. The molecule has 1 amide bonds. The highest BCUT2D eigenvalue weighted by Crippen LogP contribution is 2.27. The van der Waals surface area contributed by atoms with Crippen molar-refractivity contribution in [3.8, 4) is 5.75 Å². The second kappa shape index (κ2) is 7.21. The van der Waals surface area contributed by atoms with Crippen molar-refractivity contribution in [1.29, 1.82) is 0 Å². The lowest BCUT2D eigenvalue weighted by atomic mass is 10.1. The Morgan fingerprint density at radius 1 is 1.20 bits per heavy atom. The van der Waals surface area contributed by atoms with Crippen molar-refractivity contribution in [3.63, 3.8) is 0 Å². The summed E-state index contributed by atoms with van der Waals surface area (Å²) in [4.78, 5) is 18.6. The first-order chi connectivity index (χ1) is 12.1. The zero-order valence-electron chi connectivity index (χ0n) is 14.5. The third kappa shape index (κ3) is 3.55. The van der Waals surface area contributed by atoms with Crippen molar-refractivity contribution in [2.24, 2.45) is 4.99 Å². The second-order valence-electron chi connectivity index (χ2n) is 5.64. The molecular weight excluding hydrogens is 316 g/mol. The molecule has 0 saturated carbocycles. The molecule has 0 bridgehead atoms. The van der Waals surface area contributed by atoms with Gasteiger partial charge in [0.15, 0.2) is 5.76 Å². The van der Waals surface area contributed by atoms with Crippen LogP contribution in [0.3, 0.4) is 0 Å². The molecule has 5 nitrogen and oxygen atoms in total. The summed E-state index contributed by atoms with van der Waals surface area (Å²) in [6.45, 7) is 4.35. The minimum atomic E-state index is -0.209. The summed E-state index contributed by atoms with van der Waals surface area (Å²) >= 11 is 0. The molecule has 0 N–H and O–H groups in total. The highest BCUT2D eigenvalue weighted by atomic mass is 16.5. The molecule has 0 atom stereocenters. The number of carbonyl (C=O) groups excluding carboxylic acids is 1. The van der Waals surface area contributed by atoms with Crippen molar-refractivity contribution in [2.75, 3.05) is 13.7 Å². The number of hydrogen-bond donors (Lipinski definition) is 0. The molecule has 1 heterocycles.